The molecule has 39 heavy (non-hydrogen) atoms. The second-order valence-corrected chi connectivity index (χ2v) is 8.69. The van der Waals surface area contributed by atoms with E-state index in [9.17, 15) is 9.18 Å². The number of halogens is 1. The van der Waals surface area contributed by atoms with Gasteiger partial charge in [-0.25, -0.2) is 24.1 Å². The molecule has 0 spiro atoms. The van der Waals surface area contributed by atoms with Gasteiger partial charge in [0.25, 0.3) is 0 Å². The van der Waals surface area contributed by atoms with Crippen LogP contribution < -0.4 is 15.8 Å². The molecule has 0 aliphatic rings. The monoisotopic (exact) mass is 527 g/mol. The zero-order chi connectivity index (χ0) is 27.4. The molecular formula is C28H26FN7O3. The maximum atomic E-state index is 14.1. The van der Waals surface area contributed by atoms with Gasteiger partial charge >= 0.3 is 5.97 Å². The molecule has 198 valence electrons. The lowest BCUT2D eigenvalue weighted by molar-refractivity contribution is 0.0600. The van der Waals surface area contributed by atoms with Gasteiger partial charge in [-0.05, 0) is 49.4 Å². The van der Waals surface area contributed by atoms with Crippen LogP contribution in [0, 0.1) is 12.7 Å². The van der Waals surface area contributed by atoms with Gasteiger partial charge in [0.05, 0.1) is 47.8 Å². The van der Waals surface area contributed by atoms with E-state index in [1.165, 1.54) is 19.2 Å². The van der Waals surface area contributed by atoms with Gasteiger partial charge in [0, 0.05) is 23.5 Å². The van der Waals surface area contributed by atoms with Crippen LogP contribution in [0.5, 0.6) is 5.88 Å². The molecule has 0 atom stereocenters. The van der Waals surface area contributed by atoms with E-state index in [0.29, 0.717) is 53.0 Å². The van der Waals surface area contributed by atoms with Gasteiger partial charge in [-0.2, -0.15) is 0 Å². The molecule has 0 radical (unpaired) electrons. The van der Waals surface area contributed by atoms with Crippen LogP contribution in [-0.2, 0) is 11.3 Å². The van der Waals surface area contributed by atoms with Gasteiger partial charge in [-0.3, -0.25) is 4.98 Å². The van der Waals surface area contributed by atoms with Crippen molar-refractivity contribution in [2.45, 2.75) is 13.5 Å². The lowest BCUT2D eigenvalue weighted by atomic mass is 10.1. The van der Waals surface area contributed by atoms with Crippen molar-refractivity contribution in [2.75, 3.05) is 25.6 Å². The minimum absolute atomic E-state index is 0.108. The maximum Gasteiger partial charge on any atom is 0.338 e. The van der Waals surface area contributed by atoms with Crippen LogP contribution in [0.25, 0.3) is 33.7 Å². The number of hydrogen-bond donors (Lipinski definition) is 3. The number of rotatable bonds is 9. The van der Waals surface area contributed by atoms with Crippen molar-refractivity contribution in [2.24, 2.45) is 5.73 Å². The number of H-pyrrole nitrogens is 1. The van der Waals surface area contributed by atoms with Gasteiger partial charge in [0.2, 0.25) is 5.88 Å². The number of anilines is 1. The van der Waals surface area contributed by atoms with E-state index in [4.69, 9.17) is 20.2 Å². The molecule has 3 heterocycles. The Morgan fingerprint density at radius 3 is 2.74 bits per heavy atom. The van der Waals surface area contributed by atoms with Crippen molar-refractivity contribution in [3.63, 3.8) is 0 Å². The number of aryl methyl sites for hydroxylation is 1. The van der Waals surface area contributed by atoms with Crippen molar-refractivity contribution in [3.05, 3.63) is 83.7 Å². The molecule has 0 fully saturated rings. The second-order valence-electron chi connectivity index (χ2n) is 8.69. The topological polar surface area (TPSA) is 141 Å². The summed E-state index contributed by atoms with van der Waals surface area (Å²) in [7, 11) is 1.25. The minimum atomic E-state index is -0.623. The molecule has 0 unspecified atom stereocenters. The van der Waals surface area contributed by atoms with E-state index in [2.05, 4.69) is 25.3 Å². The number of pyridine rings is 1. The van der Waals surface area contributed by atoms with Crippen LogP contribution in [0.2, 0.25) is 0 Å². The third-order valence-electron chi connectivity index (χ3n) is 5.84. The summed E-state index contributed by atoms with van der Waals surface area (Å²) < 4.78 is 24.4. The fourth-order valence-corrected chi connectivity index (χ4v) is 4.07. The van der Waals surface area contributed by atoms with Crippen LogP contribution in [0.15, 0.2) is 60.8 Å². The Balaban J connectivity index is 1.51. The zero-order valence-corrected chi connectivity index (χ0v) is 21.4. The van der Waals surface area contributed by atoms with Gasteiger partial charge < -0.3 is 25.5 Å². The molecule has 10 nitrogen and oxygen atoms in total. The van der Waals surface area contributed by atoms with Gasteiger partial charge in [-0.15, -0.1) is 0 Å². The highest BCUT2D eigenvalue weighted by molar-refractivity contribution is 5.90. The predicted molar refractivity (Wildman–Crippen MR) is 145 cm³/mol. The summed E-state index contributed by atoms with van der Waals surface area (Å²) >= 11 is 0. The number of nitrogens with one attached hydrogen (secondary N) is 2. The number of methoxy groups -OCH3 is 1. The predicted octanol–water partition coefficient (Wildman–Crippen LogP) is 4.27. The first-order chi connectivity index (χ1) is 18.9. The van der Waals surface area contributed by atoms with Crippen LogP contribution >= 0.6 is 0 Å². The summed E-state index contributed by atoms with van der Waals surface area (Å²) in [5, 5.41) is 3.12. The summed E-state index contributed by atoms with van der Waals surface area (Å²) in [4.78, 5) is 33.7. The number of carbonyl (C=O) groups is 1. The quantitative estimate of drug-likeness (QED) is 0.240. The van der Waals surface area contributed by atoms with E-state index in [-0.39, 0.29) is 12.1 Å². The molecule has 0 bridgehead atoms. The standard InChI is InChI=1S/C28H26FN7O3/c1-16-4-3-5-22(33-16)27-26(17-6-7-21-23(12-17)34-25(15-32-21)39-9-8-30)35-24(36-27)14-31-20-11-18(28(37)38-2)10-19(29)13-20/h3-7,10-13,15,31H,8-9,14,30H2,1-2H3,(H,35,36). The third-order valence-corrected chi connectivity index (χ3v) is 5.84. The van der Waals surface area contributed by atoms with Crippen molar-refractivity contribution in [3.8, 4) is 28.5 Å². The molecule has 0 aliphatic heterocycles. The molecule has 0 amide bonds. The lowest BCUT2D eigenvalue weighted by Gasteiger charge is -2.07. The summed E-state index contributed by atoms with van der Waals surface area (Å²) in [6.07, 6.45) is 1.57. The highest BCUT2D eigenvalue weighted by Crippen LogP contribution is 2.31. The molecule has 3 aromatic heterocycles. The Bertz CT molecular complexity index is 1650. The van der Waals surface area contributed by atoms with E-state index in [0.717, 1.165) is 23.0 Å². The molecular weight excluding hydrogens is 501 g/mol. The van der Waals surface area contributed by atoms with E-state index in [1.807, 2.05) is 43.3 Å². The largest absolute Gasteiger partial charge is 0.475 e. The summed E-state index contributed by atoms with van der Waals surface area (Å²) in [6.45, 7) is 2.85. The third kappa shape index (κ3) is 5.83. The van der Waals surface area contributed by atoms with Gasteiger partial charge in [0.15, 0.2) is 0 Å². The number of fused-ring (bicyclic) bond motifs is 1. The molecule has 0 saturated heterocycles. The van der Waals surface area contributed by atoms with Crippen molar-refractivity contribution < 1.29 is 18.7 Å². The first kappa shape index (κ1) is 25.7. The fraction of sp³-hybridized carbons (Fsp3) is 0.179. The Morgan fingerprint density at radius 2 is 1.95 bits per heavy atom. The van der Waals surface area contributed by atoms with Crippen LogP contribution in [0.3, 0.4) is 0 Å². The van der Waals surface area contributed by atoms with Crippen LogP contribution in [0.1, 0.15) is 21.9 Å². The smallest absolute Gasteiger partial charge is 0.338 e. The average Bonchev–Trinajstić information content (AvgIpc) is 3.38. The normalized spacial score (nSPS) is 11.0. The Morgan fingerprint density at radius 1 is 1.08 bits per heavy atom. The number of ether oxygens (including phenoxy) is 2. The number of nitrogens with two attached hydrogens (primary N) is 1. The number of nitrogens with zero attached hydrogens (tertiary/aromatic N) is 4. The lowest BCUT2D eigenvalue weighted by Crippen LogP contribution is -2.11. The van der Waals surface area contributed by atoms with Crippen LogP contribution in [0.4, 0.5) is 10.1 Å². The van der Waals surface area contributed by atoms with Gasteiger partial charge in [0.1, 0.15) is 23.9 Å². The number of carbonyl (C=O) groups excluding carboxylic acids is 1. The second kappa shape index (κ2) is 11.2. The number of hydrogen-bond acceptors (Lipinski definition) is 9. The van der Waals surface area contributed by atoms with E-state index >= 15 is 0 Å². The molecule has 11 heteroatoms. The molecule has 5 rings (SSSR count). The maximum absolute atomic E-state index is 14.1. The highest BCUT2D eigenvalue weighted by Gasteiger charge is 2.17. The Hall–Kier alpha value is -4.90. The molecule has 2 aromatic carbocycles. The zero-order valence-electron chi connectivity index (χ0n) is 21.4. The molecule has 0 saturated carbocycles. The van der Waals surface area contributed by atoms with E-state index in [1.54, 1.807) is 6.20 Å². The number of imidazole rings is 1. The average molecular weight is 528 g/mol. The number of benzene rings is 2. The van der Waals surface area contributed by atoms with Crippen molar-refractivity contribution >= 4 is 22.7 Å². The highest BCUT2D eigenvalue weighted by atomic mass is 19.1. The van der Waals surface area contributed by atoms with Crippen LogP contribution in [-0.4, -0.2) is 51.2 Å². The first-order valence-electron chi connectivity index (χ1n) is 12.2. The SMILES string of the molecule is COC(=O)c1cc(F)cc(NCc2nc(-c3cccc(C)n3)c(-c3ccc4ncc(OCCN)nc4c3)[nH]2)c1. The van der Waals surface area contributed by atoms with Crippen molar-refractivity contribution in [1.82, 2.24) is 24.9 Å². The minimum Gasteiger partial charge on any atom is -0.475 e. The Kier molecular flexibility index (Phi) is 7.41. The summed E-state index contributed by atoms with van der Waals surface area (Å²) in [5.41, 5.74) is 11.2. The molecule has 4 N–H and O–H groups in total. The first-order valence-corrected chi connectivity index (χ1v) is 12.2. The summed E-state index contributed by atoms with van der Waals surface area (Å²) in [5.74, 6) is -0.209. The summed E-state index contributed by atoms with van der Waals surface area (Å²) in [6, 6.07) is 15.4. The van der Waals surface area contributed by atoms with E-state index < -0.39 is 11.8 Å². The van der Waals surface area contributed by atoms with Gasteiger partial charge in [-0.1, -0.05) is 12.1 Å². The molecule has 0 aliphatic carbocycles. The number of esters is 1. The number of aromatic amines is 1. The molecule has 5 aromatic rings. The fourth-order valence-electron chi connectivity index (χ4n) is 4.07. The number of aromatic nitrogens is 5. The Labute approximate surface area is 223 Å². The van der Waals surface area contributed by atoms with Crippen molar-refractivity contribution in [1.29, 1.82) is 0 Å².